The maximum absolute atomic E-state index is 13.5. The molecular formula is C15H20ClFN2O. The predicted octanol–water partition coefficient (Wildman–Crippen LogP) is 3.08. The lowest BCUT2D eigenvalue weighted by Gasteiger charge is -2.36. The Bertz CT molecular complexity index is 481. The Morgan fingerprint density at radius 3 is 3.00 bits per heavy atom. The van der Waals surface area contributed by atoms with Gasteiger partial charge in [-0.3, -0.25) is 4.79 Å². The van der Waals surface area contributed by atoms with Crippen molar-refractivity contribution in [2.45, 2.75) is 31.7 Å². The molecule has 3 nitrogen and oxygen atoms in total. The van der Waals surface area contributed by atoms with Crippen molar-refractivity contribution >= 4 is 17.5 Å². The Hall–Kier alpha value is -1.13. The SMILES string of the molecule is CNCCC1CCCCN1C(=O)c1ccc(Cl)c(F)c1. The van der Waals surface area contributed by atoms with E-state index in [-0.39, 0.29) is 17.0 Å². The summed E-state index contributed by atoms with van der Waals surface area (Å²) in [5.74, 6) is -0.636. The molecule has 1 aliphatic heterocycles. The molecule has 0 bridgehead atoms. The third-order valence-electron chi connectivity index (χ3n) is 3.78. The first-order chi connectivity index (χ1) is 9.63. The van der Waals surface area contributed by atoms with Gasteiger partial charge in [-0.05, 0) is 57.5 Å². The Balaban J connectivity index is 2.14. The normalized spacial score (nSPS) is 19.1. The number of rotatable bonds is 4. The maximum atomic E-state index is 13.5. The topological polar surface area (TPSA) is 32.3 Å². The summed E-state index contributed by atoms with van der Waals surface area (Å²) in [6.07, 6.45) is 4.10. The summed E-state index contributed by atoms with van der Waals surface area (Å²) in [5, 5.41) is 3.16. The van der Waals surface area contributed by atoms with Gasteiger partial charge >= 0.3 is 0 Å². The van der Waals surface area contributed by atoms with Gasteiger partial charge in [0.05, 0.1) is 5.02 Å². The van der Waals surface area contributed by atoms with Crippen LogP contribution in [0.4, 0.5) is 4.39 Å². The summed E-state index contributed by atoms with van der Waals surface area (Å²) in [7, 11) is 1.91. The van der Waals surface area contributed by atoms with Crippen molar-refractivity contribution in [3.05, 3.63) is 34.6 Å². The molecule has 1 aromatic rings. The lowest BCUT2D eigenvalue weighted by atomic mass is 9.98. The van der Waals surface area contributed by atoms with Gasteiger partial charge in [0.2, 0.25) is 0 Å². The molecule has 1 saturated heterocycles. The lowest BCUT2D eigenvalue weighted by molar-refractivity contribution is 0.0602. The highest BCUT2D eigenvalue weighted by molar-refractivity contribution is 6.30. The number of nitrogens with one attached hydrogen (secondary N) is 1. The van der Waals surface area contributed by atoms with Gasteiger partial charge in [-0.15, -0.1) is 0 Å². The van der Waals surface area contributed by atoms with Gasteiger partial charge in [0, 0.05) is 18.2 Å². The average molecular weight is 299 g/mol. The second kappa shape index (κ2) is 7.04. The summed E-state index contributed by atoms with van der Waals surface area (Å²) in [5.41, 5.74) is 0.378. The van der Waals surface area contributed by atoms with Crippen molar-refractivity contribution in [2.75, 3.05) is 20.1 Å². The average Bonchev–Trinajstić information content (AvgIpc) is 2.47. The molecule has 1 atom stereocenters. The molecule has 1 amide bonds. The van der Waals surface area contributed by atoms with Crippen LogP contribution in [0, 0.1) is 5.82 Å². The first-order valence-electron chi connectivity index (χ1n) is 7.04. The van der Waals surface area contributed by atoms with Crippen molar-refractivity contribution in [3.8, 4) is 0 Å². The fourth-order valence-electron chi connectivity index (χ4n) is 2.67. The van der Waals surface area contributed by atoms with Crippen molar-refractivity contribution in [1.82, 2.24) is 10.2 Å². The summed E-state index contributed by atoms with van der Waals surface area (Å²) < 4.78 is 13.5. The highest BCUT2D eigenvalue weighted by atomic mass is 35.5. The van der Waals surface area contributed by atoms with Crippen LogP contribution in [-0.4, -0.2) is 37.0 Å². The van der Waals surface area contributed by atoms with E-state index in [1.807, 2.05) is 11.9 Å². The van der Waals surface area contributed by atoms with Crippen molar-refractivity contribution in [2.24, 2.45) is 0 Å². The van der Waals surface area contributed by atoms with Crippen LogP contribution in [0.3, 0.4) is 0 Å². The monoisotopic (exact) mass is 298 g/mol. The van der Waals surface area contributed by atoms with E-state index in [0.29, 0.717) is 5.56 Å². The van der Waals surface area contributed by atoms with Crippen molar-refractivity contribution in [3.63, 3.8) is 0 Å². The molecule has 0 aliphatic carbocycles. The van der Waals surface area contributed by atoms with E-state index >= 15 is 0 Å². The van der Waals surface area contributed by atoms with Crippen molar-refractivity contribution < 1.29 is 9.18 Å². The standard InChI is InChI=1S/C15H20ClFN2O/c1-18-8-7-12-4-2-3-9-19(12)15(20)11-5-6-13(16)14(17)10-11/h5-6,10,12,18H,2-4,7-9H2,1H3. The first kappa shape index (κ1) is 15.3. The van der Waals surface area contributed by atoms with Crippen LogP contribution >= 0.6 is 11.6 Å². The number of nitrogens with zero attached hydrogens (tertiary/aromatic N) is 1. The van der Waals surface area contributed by atoms with Gasteiger partial charge in [-0.2, -0.15) is 0 Å². The van der Waals surface area contributed by atoms with E-state index in [1.165, 1.54) is 12.1 Å². The van der Waals surface area contributed by atoms with E-state index in [1.54, 1.807) is 6.07 Å². The zero-order valence-corrected chi connectivity index (χ0v) is 12.4. The number of hydrogen-bond acceptors (Lipinski definition) is 2. The van der Waals surface area contributed by atoms with Crippen LogP contribution in [0.15, 0.2) is 18.2 Å². The van der Waals surface area contributed by atoms with E-state index in [9.17, 15) is 9.18 Å². The number of carbonyl (C=O) groups is 1. The number of halogens is 2. The number of hydrogen-bond donors (Lipinski definition) is 1. The Labute approximate surface area is 124 Å². The zero-order chi connectivity index (χ0) is 14.5. The van der Waals surface area contributed by atoms with E-state index in [0.717, 1.165) is 38.8 Å². The Kier molecular flexibility index (Phi) is 5.38. The minimum Gasteiger partial charge on any atom is -0.336 e. The molecule has 20 heavy (non-hydrogen) atoms. The van der Waals surface area contributed by atoms with Gasteiger partial charge in [0.25, 0.3) is 5.91 Å². The largest absolute Gasteiger partial charge is 0.336 e. The van der Waals surface area contributed by atoms with Gasteiger partial charge in [-0.25, -0.2) is 4.39 Å². The first-order valence-corrected chi connectivity index (χ1v) is 7.42. The third-order valence-corrected chi connectivity index (χ3v) is 4.09. The van der Waals surface area contributed by atoms with Crippen LogP contribution in [-0.2, 0) is 0 Å². The molecule has 1 aromatic carbocycles. The molecule has 1 aliphatic rings. The highest BCUT2D eigenvalue weighted by Gasteiger charge is 2.27. The summed E-state index contributed by atoms with van der Waals surface area (Å²) in [4.78, 5) is 14.4. The van der Waals surface area contributed by atoms with Gasteiger partial charge in [0.1, 0.15) is 5.82 Å². The summed E-state index contributed by atoms with van der Waals surface area (Å²) >= 11 is 5.66. The predicted molar refractivity (Wildman–Crippen MR) is 78.6 cm³/mol. The van der Waals surface area contributed by atoms with Crippen LogP contribution in [0.5, 0.6) is 0 Å². The molecule has 2 rings (SSSR count). The quantitative estimate of drug-likeness (QED) is 0.926. The molecular weight excluding hydrogens is 279 g/mol. The molecule has 0 spiro atoms. The van der Waals surface area contributed by atoms with Gasteiger partial charge in [0.15, 0.2) is 0 Å². The molecule has 1 heterocycles. The third kappa shape index (κ3) is 3.49. The Morgan fingerprint density at radius 2 is 2.30 bits per heavy atom. The Morgan fingerprint density at radius 1 is 1.50 bits per heavy atom. The molecule has 1 unspecified atom stereocenters. The maximum Gasteiger partial charge on any atom is 0.254 e. The molecule has 0 radical (unpaired) electrons. The number of benzene rings is 1. The lowest BCUT2D eigenvalue weighted by Crippen LogP contribution is -2.44. The van der Waals surface area contributed by atoms with E-state index in [2.05, 4.69) is 5.32 Å². The number of piperidine rings is 1. The van der Waals surface area contributed by atoms with Gasteiger partial charge in [-0.1, -0.05) is 11.6 Å². The number of carbonyl (C=O) groups excluding carboxylic acids is 1. The van der Waals surface area contributed by atoms with Crippen LogP contribution in [0.2, 0.25) is 5.02 Å². The fourth-order valence-corrected chi connectivity index (χ4v) is 2.79. The second-order valence-electron chi connectivity index (χ2n) is 5.17. The summed E-state index contributed by atoms with van der Waals surface area (Å²) in [6, 6.07) is 4.50. The molecule has 1 N–H and O–H groups in total. The van der Waals surface area contributed by atoms with E-state index < -0.39 is 5.82 Å². The molecule has 110 valence electrons. The van der Waals surface area contributed by atoms with Crippen molar-refractivity contribution in [1.29, 1.82) is 0 Å². The fraction of sp³-hybridized carbons (Fsp3) is 0.533. The highest BCUT2D eigenvalue weighted by Crippen LogP contribution is 2.23. The number of likely N-dealkylation sites (tertiary alicyclic amines) is 1. The van der Waals surface area contributed by atoms with Crippen LogP contribution < -0.4 is 5.32 Å². The molecule has 1 fully saturated rings. The van der Waals surface area contributed by atoms with Gasteiger partial charge < -0.3 is 10.2 Å². The summed E-state index contributed by atoms with van der Waals surface area (Å²) in [6.45, 7) is 1.63. The minimum absolute atomic E-state index is 0.0481. The van der Waals surface area contributed by atoms with Crippen LogP contribution in [0.1, 0.15) is 36.0 Å². The minimum atomic E-state index is -0.540. The van der Waals surface area contributed by atoms with E-state index in [4.69, 9.17) is 11.6 Å². The number of amides is 1. The molecule has 0 aromatic heterocycles. The van der Waals surface area contributed by atoms with Crippen LogP contribution in [0.25, 0.3) is 0 Å². The zero-order valence-electron chi connectivity index (χ0n) is 11.7. The molecule has 5 heteroatoms. The second-order valence-corrected chi connectivity index (χ2v) is 5.58. The smallest absolute Gasteiger partial charge is 0.254 e. The molecule has 0 saturated carbocycles.